The van der Waals surface area contributed by atoms with Gasteiger partial charge in [0, 0.05) is 7.11 Å². The van der Waals surface area contributed by atoms with Crippen LogP contribution in [0, 0.1) is 13.8 Å². The van der Waals surface area contributed by atoms with Gasteiger partial charge in [-0.05, 0) is 49.2 Å². The number of nitrogens with zero attached hydrogens (tertiary/aromatic N) is 2. The van der Waals surface area contributed by atoms with Crippen LogP contribution in [0.1, 0.15) is 11.1 Å². The molecule has 4 nitrogen and oxygen atoms in total. The van der Waals surface area contributed by atoms with Crippen molar-refractivity contribution in [2.45, 2.75) is 13.8 Å². The first-order chi connectivity index (χ1) is 11.1. The third-order valence-corrected chi connectivity index (χ3v) is 4.48. The van der Waals surface area contributed by atoms with E-state index in [0.717, 1.165) is 27.0 Å². The average Bonchev–Trinajstić information content (AvgIpc) is 2.90. The first-order valence-corrected chi connectivity index (χ1v) is 8.16. The lowest BCUT2D eigenvalue weighted by molar-refractivity contribution is -0.121. The van der Waals surface area contributed by atoms with Gasteiger partial charge in [-0.15, -0.1) is 0 Å². The predicted molar refractivity (Wildman–Crippen MR) is 94.6 cm³/mol. The van der Waals surface area contributed by atoms with Crippen LogP contribution < -0.4 is 4.90 Å². The van der Waals surface area contributed by atoms with Gasteiger partial charge >= 0.3 is 0 Å². The van der Waals surface area contributed by atoms with E-state index >= 15 is 0 Å². The quantitative estimate of drug-likeness (QED) is 0.721. The maximum Gasteiger partial charge on any atom is 0.259 e. The molecule has 1 aromatic heterocycles. The van der Waals surface area contributed by atoms with Gasteiger partial charge in [-0.1, -0.05) is 29.5 Å². The van der Waals surface area contributed by atoms with E-state index in [1.165, 1.54) is 18.4 Å². The Hall–Kier alpha value is -2.24. The van der Waals surface area contributed by atoms with Crippen molar-refractivity contribution in [1.29, 1.82) is 0 Å². The van der Waals surface area contributed by atoms with E-state index in [-0.39, 0.29) is 12.5 Å². The van der Waals surface area contributed by atoms with Gasteiger partial charge in [0.1, 0.15) is 6.61 Å². The Balaban J connectivity index is 2.13. The van der Waals surface area contributed by atoms with E-state index < -0.39 is 0 Å². The Morgan fingerprint density at radius 1 is 1.17 bits per heavy atom. The van der Waals surface area contributed by atoms with Gasteiger partial charge in [-0.2, -0.15) is 0 Å². The van der Waals surface area contributed by atoms with Crippen LogP contribution in [0.5, 0.6) is 0 Å². The molecule has 118 valence electrons. The monoisotopic (exact) mass is 326 g/mol. The SMILES string of the molecule is COCC(=O)N(c1cc(C)cc(C)c1)c1nc2ccccc2s1. The number of amides is 1. The van der Waals surface area contributed by atoms with Crippen LogP contribution in [0.15, 0.2) is 42.5 Å². The topological polar surface area (TPSA) is 42.4 Å². The van der Waals surface area contributed by atoms with E-state index in [1.807, 2.05) is 50.2 Å². The Morgan fingerprint density at radius 2 is 1.87 bits per heavy atom. The second-order valence-corrected chi connectivity index (χ2v) is 6.48. The number of hydrogen-bond acceptors (Lipinski definition) is 4. The second kappa shape index (κ2) is 6.48. The minimum Gasteiger partial charge on any atom is -0.375 e. The fourth-order valence-electron chi connectivity index (χ4n) is 2.58. The molecule has 0 unspecified atom stereocenters. The highest BCUT2D eigenvalue weighted by molar-refractivity contribution is 7.22. The number of rotatable bonds is 4. The maximum absolute atomic E-state index is 12.6. The van der Waals surface area contributed by atoms with Crippen molar-refractivity contribution in [1.82, 2.24) is 4.98 Å². The van der Waals surface area contributed by atoms with Gasteiger partial charge in [0.2, 0.25) is 0 Å². The van der Waals surface area contributed by atoms with Crippen LogP contribution in [0.4, 0.5) is 10.8 Å². The van der Waals surface area contributed by atoms with E-state index in [2.05, 4.69) is 11.1 Å². The van der Waals surface area contributed by atoms with Crippen LogP contribution in [0.3, 0.4) is 0 Å². The number of methoxy groups -OCH3 is 1. The van der Waals surface area contributed by atoms with Gasteiger partial charge in [-0.25, -0.2) is 4.98 Å². The highest BCUT2D eigenvalue weighted by Gasteiger charge is 2.22. The third kappa shape index (κ3) is 3.25. The van der Waals surface area contributed by atoms with Crippen molar-refractivity contribution in [2.24, 2.45) is 0 Å². The molecule has 0 bridgehead atoms. The first kappa shape index (κ1) is 15.6. The van der Waals surface area contributed by atoms with Crippen molar-refractivity contribution in [3.63, 3.8) is 0 Å². The summed E-state index contributed by atoms with van der Waals surface area (Å²) in [7, 11) is 1.52. The number of para-hydroxylation sites is 1. The van der Waals surface area contributed by atoms with Gasteiger partial charge in [-0.3, -0.25) is 9.69 Å². The van der Waals surface area contributed by atoms with Crippen LogP contribution in [-0.2, 0) is 9.53 Å². The molecule has 0 atom stereocenters. The number of carbonyl (C=O) groups is 1. The Labute approximate surface area is 139 Å². The molecule has 1 amide bonds. The van der Waals surface area contributed by atoms with Crippen LogP contribution in [-0.4, -0.2) is 24.6 Å². The maximum atomic E-state index is 12.6. The standard InChI is InChI=1S/C18H18N2O2S/c1-12-8-13(2)10-14(9-12)20(17(21)11-22-3)18-19-15-6-4-5-7-16(15)23-18/h4-10H,11H2,1-3H3. The largest absolute Gasteiger partial charge is 0.375 e. The van der Waals surface area contributed by atoms with Gasteiger partial charge in [0.15, 0.2) is 5.13 Å². The van der Waals surface area contributed by atoms with Crippen molar-refractivity contribution in [3.05, 3.63) is 53.6 Å². The lowest BCUT2D eigenvalue weighted by atomic mass is 10.1. The fraction of sp³-hybridized carbons (Fsp3) is 0.222. The van der Waals surface area contributed by atoms with Gasteiger partial charge in [0.05, 0.1) is 15.9 Å². The first-order valence-electron chi connectivity index (χ1n) is 7.34. The highest BCUT2D eigenvalue weighted by atomic mass is 32.1. The minimum absolute atomic E-state index is 0.0168. The summed E-state index contributed by atoms with van der Waals surface area (Å²) < 4.78 is 6.11. The zero-order chi connectivity index (χ0) is 16.4. The Kier molecular flexibility index (Phi) is 4.41. The number of aromatic nitrogens is 1. The summed E-state index contributed by atoms with van der Waals surface area (Å²) in [5.74, 6) is -0.128. The van der Waals surface area contributed by atoms with Crippen LogP contribution in [0.25, 0.3) is 10.2 Å². The predicted octanol–water partition coefficient (Wildman–Crippen LogP) is 4.22. The summed E-state index contributed by atoms with van der Waals surface area (Å²) in [5, 5.41) is 0.665. The summed E-state index contributed by atoms with van der Waals surface area (Å²) in [5.41, 5.74) is 3.93. The molecule has 0 fully saturated rings. The molecule has 0 aliphatic rings. The van der Waals surface area contributed by atoms with E-state index in [4.69, 9.17) is 4.74 Å². The number of thiazole rings is 1. The minimum atomic E-state index is -0.128. The molecule has 3 rings (SSSR count). The number of benzene rings is 2. The van der Waals surface area contributed by atoms with Crippen molar-refractivity contribution < 1.29 is 9.53 Å². The molecule has 5 heteroatoms. The zero-order valence-electron chi connectivity index (χ0n) is 13.4. The molecule has 0 aliphatic heterocycles. The molecule has 0 saturated carbocycles. The number of hydrogen-bond donors (Lipinski definition) is 0. The molecule has 1 heterocycles. The van der Waals surface area contributed by atoms with Crippen LogP contribution >= 0.6 is 11.3 Å². The molecule has 0 spiro atoms. The molecule has 23 heavy (non-hydrogen) atoms. The lowest BCUT2D eigenvalue weighted by Gasteiger charge is -2.20. The summed E-state index contributed by atoms with van der Waals surface area (Å²) in [4.78, 5) is 18.9. The average molecular weight is 326 g/mol. The summed E-state index contributed by atoms with van der Waals surface area (Å²) in [6.45, 7) is 4.06. The molecule has 0 N–H and O–H groups in total. The van der Waals surface area contributed by atoms with E-state index in [1.54, 1.807) is 4.90 Å². The van der Waals surface area contributed by atoms with Gasteiger partial charge in [0.25, 0.3) is 5.91 Å². The molecule has 0 aliphatic carbocycles. The van der Waals surface area contributed by atoms with Crippen molar-refractivity contribution >= 4 is 38.3 Å². The zero-order valence-corrected chi connectivity index (χ0v) is 14.2. The number of aryl methyl sites for hydroxylation is 2. The molecule has 0 saturated heterocycles. The molecule has 2 aromatic carbocycles. The fourth-order valence-corrected chi connectivity index (χ4v) is 3.59. The highest BCUT2D eigenvalue weighted by Crippen LogP contribution is 2.34. The smallest absolute Gasteiger partial charge is 0.259 e. The lowest BCUT2D eigenvalue weighted by Crippen LogP contribution is -2.29. The third-order valence-electron chi connectivity index (χ3n) is 3.46. The van der Waals surface area contributed by atoms with E-state index in [9.17, 15) is 4.79 Å². The number of fused-ring (bicyclic) bond motifs is 1. The summed E-state index contributed by atoms with van der Waals surface area (Å²) >= 11 is 1.50. The molecule has 0 radical (unpaired) electrons. The van der Waals surface area contributed by atoms with E-state index in [0.29, 0.717) is 5.13 Å². The normalized spacial score (nSPS) is 10.9. The molecule has 3 aromatic rings. The summed E-state index contributed by atoms with van der Waals surface area (Å²) in [6, 6.07) is 14.0. The number of anilines is 2. The van der Waals surface area contributed by atoms with Crippen molar-refractivity contribution in [2.75, 3.05) is 18.6 Å². The number of ether oxygens (including phenoxy) is 1. The Bertz CT molecular complexity index is 804. The summed E-state index contributed by atoms with van der Waals surface area (Å²) in [6.07, 6.45) is 0. The van der Waals surface area contributed by atoms with Crippen LogP contribution in [0.2, 0.25) is 0 Å². The second-order valence-electron chi connectivity index (χ2n) is 5.47. The number of carbonyl (C=O) groups excluding carboxylic acids is 1. The molecular weight excluding hydrogens is 308 g/mol. The van der Waals surface area contributed by atoms with Gasteiger partial charge < -0.3 is 4.74 Å². The Morgan fingerprint density at radius 3 is 2.52 bits per heavy atom. The van der Waals surface area contributed by atoms with Crippen molar-refractivity contribution in [3.8, 4) is 0 Å². The molecular formula is C18H18N2O2S.